The van der Waals surface area contributed by atoms with E-state index >= 15 is 0 Å². The van der Waals surface area contributed by atoms with Crippen LogP contribution in [0.5, 0.6) is 0 Å². The van der Waals surface area contributed by atoms with Gasteiger partial charge in [-0.05, 0) is 48.0 Å². The molecule has 0 radical (unpaired) electrons. The van der Waals surface area contributed by atoms with Gasteiger partial charge in [-0.1, -0.05) is 12.2 Å². The average Bonchev–Trinajstić information content (AvgIpc) is 2.52. The third kappa shape index (κ3) is 4.04. The zero-order chi connectivity index (χ0) is 14.3. The second-order valence-electron chi connectivity index (χ2n) is 7.67. The maximum absolute atomic E-state index is 6.31. The number of fused-ring (bicyclic) bond motifs is 1. The quantitative estimate of drug-likeness (QED) is 0.718. The molecule has 3 atom stereocenters. The molecule has 0 unspecified atom stereocenters. The topological polar surface area (TPSA) is 21.7 Å². The molecule has 0 N–H and O–H groups in total. The van der Waals surface area contributed by atoms with Gasteiger partial charge in [0.2, 0.25) is 0 Å². The van der Waals surface area contributed by atoms with Gasteiger partial charge in [0.25, 0.3) is 0 Å². The third-order valence-electron chi connectivity index (χ3n) is 3.45. The Hall–Kier alpha value is -0.380. The first-order chi connectivity index (χ1) is 8.66. The lowest BCUT2D eigenvalue weighted by Crippen LogP contribution is -2.44. The number of hydrogen-bond donors (Lipinski definition) is 0. The fourth-order valence-electron chi connectivity index (χ4n) is 2.94. The summed E-state index contributed by atoms with van der Waals surface area (Å²) in [5.41, 5.74) is -0.256. The maximum Gasteiger partial charge on any atom is 0.105 e. The molecule has 2 rings (SSSR count). The minimum absolute atomic E-state index is 0.123. The van der Waals surface area contributed by atoms with Crippen LogP contribution in [0.1, 0.15) is 48.0 Å². The Morgan fingerprint density at radius 1 is 1.00 bits per heavy atom. The van der Waals surface area contributed by atoms with E-state index in [1.807, 2.05) is 0 Å². The third-order valence-corrected chi connectivity index (χ3v) is 3.45. The van der Waals surface area contributed by atoms with Crippen molar-refractivity contribution in [1.29, 1.82) is 0 Å². The molecule has 2 aliphatic heterocycles. The van der Waals surface area contributed by atoms with E-state index in [1.165, 1.54) is 0 Å². The van der Waals surface area contributed by atoms with E-state index in [0.717, 1.165) is 19.5 Å². The first kappa shape index (κ1) is 15.0. The molecule has 0 amide bonds. The number of rotatable bonds is 2. The summed E-state index contributed by atoms with van der Waals surface area (Å²) < 4.78 is 12.6. The molecule has 110 valence electrons. The molecule has 2 heterocycles. The van der Waals surface area contributed by atoms with Gasteiger partial charge in [0.1, 0.15) is 6.10 Å². The smallest absolute Gasteiger partial charge is 0.105 e. The van der Waals surface area contributed by atoms with Crippen LogP contribution in [-0.2, 0) is 9.47 Å². The maximum atomic E-state index is 6.31. The van der Waals surface area contributed by atoms with Gasteiger partial charge in [-0.3, -0.25) is 4.90 Å². The lowest BCUT2D eigenvalue weighted by molar-refractivity contribution is -0.147. The first-order valence-corrected chi connectivity index (χ1v) is 7.42. The van der Waals surface area contributed by atoms with Gasteiger partial charge >= 0.3 is 0 Å². The van der Waals surface area contributed by atoms with Gasteiger partial charge in [-0.25, -0.2) is 0 Å². The van der Waals surface area contributed by atoms with Crippen LogP contribution < -0.4 is 0 Å². The van der Waals surface area contributed by atoms with Gasteiger partial charge in [-0.2, -0.15) is 0 Å². The summed E-state index contributed by atoms with van der Waals surface area (Å²) in [6.45, 7) is 14.8. The van der Waals surface area contributed by atoms with E-state index in [1.54, 1.807) is 0 Å². The molecule has 3 heteroatoms. The summed E-state index contributed by atoms with van der Waals surface area (Å²) in [7, 11) is 0. The Balaban J connectivity index is 2.15. The summed E-state index contributed by atoms with van der Waals surface area (Å²) >= 11 is 0. The van der Waals surface area contributed by atoms with Gasteiger partial charge in [0.15, 0.2) is 0 Å². The molecule has 2 aliphatic rings. The normalized spacial score (nSPS) is 32.6. The molecule has 0 bridgehead atoms. The Morgan fingerprint density at radius 2 is 1.63 bits per heavy atom. The van der Waals surface area contributed by atoms with Crippen LogP contribution in [0.25, 0.3) is 0 Å². The van der Waals surface area contributed by atoms with Gasteiger partial charge in [0.05, 0.1) is 23.3 Å². The van der Waals surface area contributed by atoms with E-state index in [-0.39, 0.29) is 23.4 Å². The molecular weight excluding hydrogens is 238 g/mol. The van der Waals surface area contributed by atoms with Crippen LogP contribution in [0.3, 0.4) is 0 Å². The second kappa shape index (κ2) is 5.19. The van der Waals surface area contributed by atoms with Crippen molar-refractivity contribution in [3.63, 3.8) is 0 Å². The Bertz CT molecular complexity index is 338. The van der Waals surface area contributed by atoms with Crippen molar-refractivity contribution in [3.8, 4) is 0 Å². The fraction of sp³-hybridized carbons (Fsp3) is 0.875. The van der Waals surface area contributed by atoms with Crippen molar-refractivity contribution in [2.45, 2.75) is 77.4 Å². The first-order valence-electron chi connectivity index (χ1n) is 7.42. The predicted octanol–water partition coefficient (Wildman–Crippen LogP) is 3.00. The Labute approximate surface area is 117 Å². The minimum atomic E-state index is -0.133. The molecule has 19 heavy (non-hydrogen) atoms. The SMILES string of the molecule is CC(C)(C)O[C@@H]1[C@@H](OC(C)(C)C)CN2CCC=C[C@@H]12. The van der Waals surface area contributed by atoms with Crippen LogP contribution in [0, 0.1) is 0 Å². The lowest BCUT2D eigenvalue weighted by Gasteiger charge is -2.34. The van der Waals surface area contributed by atoms with Crippen molar-refractivity contribution in [2.24, 2.45) is 0 Å². The zero-order valence-corrected chi connectivity index (χ0v) is 13.3. The van der Waals surface area contributed by atoms with Crippen LogP contribution in [0.15, 0.2) is 12.2 Å². The minimum Gasteiger partial charge on any atom is -0.369 e. The standard InChI is InChI=1S/C16H29NO2/c1-15(2,3)18-13-11-17-10-8-7-9-12(17)14(13)19-16(4,5)6/h7,9,12-14H,8,10-11H2,1-6H3/t12-,13-,14-/m0/s1. The second-order valence-corrected chi connectivity index (χ2v) is 7.67. The van der Waals surface area contributed by atoms with Gasteiger partial charge < -0.3 is 9.47 Å². The van der Waals surface area contributed by atoms with Crippen LogP contribution >= 0.6 is 0 Å². The molecular formula is C16H29NO2. The highest BCUT2D eigenvalue weighted by molar-refractivity contribution is 5.10. The molecule has 0 aromatic heterocycles. The zero-order valence-electron chi connectivity index (χ0n) is 13.3. The van der Waals surface area contributed by atoms with Gasteiger partial charge in [-0.15, -0.1) is 0 Å². The molecule has 0 aliphatic carbocycles. The largest absolute Gasteiger partial charge is 0.369 e. The summed E-state index contributed by atoms with van der Waals surface area (Å²) in [4.78, 5) is 2.49. The highest BCUT2D eigenvalue weighted by Gasteiger charge is 2.45. The van der Waals surface area contributed by atoms with Crippen LogP contribution in [0.2, 0.25) is 0 Å². The van der Waals surface area contributed by atoms with Crippen molar-refractivity contribution < 1.29 is 9.47 Å². The molecule has 0 aromatic carbocycles. The van der Waals surface area contributed by atoms with E-state index in [4.69, 9.17) is 9.47 Å². The summed E-state index contributed by atoms with van der Waals surface area (Å²) in [5.74, 6) is 0. The molecule has 0 spiro atoms. The van der Waals surface area contributed by atoms with Crippen molar-refractivity contribution >= 4 is 0 Å². The fourth-order valence-corrected chi connectivity index (χ4v) is 2.94. The number of hydrogen-bond acceptors (Lipinski definition) is 3. The number of nitrogens with zero attached hydrogens (tertiary/aromatic N) is 1. The molecule has 1 saturated heterocycles. The van der Waals surface area contributed by atoms with Crippen molar-refractivity contribution in [3.05, 3.63) is 12.2 Å². The molecule has 1 fully saturated rings. The molecule has 0 saturated carbocycles. The summed E-state index contributed by atoms with van der Waals surface area (Å²) in [6.07, 6.45) is 6.01. The highest BCUT2D eigenvalue weighted by Crippen LogP contribution is 2.32. The van der Waals surface area contributed by atoms with E-state index in [0.29, 0.717) is 6.04 Å². The van der Waals surface area contributed by atoms with Gasteiger partial charge in [0, 0.05) is 13.1 Å². The molecule has 3 nitrogen and oxygen atoms in total. The summed E-state index contributed by atoms with van der Waals surface area (Å²) in [5, 5.41) is 0. The van der Waals surface area contributed by atoms with E-state index in [9.17, 15) is 0 Å². The predicted molar refractivity (Wildman–Crippen MR) is 78.4 cm³/mol. The number of ether oxygens (including phenoxy) is 2. The van der Waals surface area contributed by atoms with E-state index in [2.05, 4.69) is 58.6 Å². The monoisotopic (exact) mass is 267 g/mol. The van der Waals surface area contributed by atoms with Crippen LogP contribution in [-0.4, -0.2) is 47.4 Å². The van der Waals surface area contributed by atoms with Crippen LogP contribution in [0.4, 0.5) is 0 Å². The summed E-state index contributed by atoms with van der Waals surface area (Å²) in [6, 6.07) is 0.375. The lowest BCUT2D eigenvalue weighted by atomic mass is 10.0. The molecule has 0 aromatic rings. The van der Waals surface area contributed by atoms with E-state index < -0.39 is 0 Å². The Morgan fingerprint density at radius 3 is 2.21 bits per heavy atom. The van der Waals surface area contributed by atoms with Crippen molar-refractivity contribution in [2.75, 3.05) is 13.1 Å². The van der Waals surface area contributed by atoms with Crippen molar-refractivity contribution in [1.82, 2.24) is 4.90 Å². The Kier molecular flexibility index (Phi) is 4.10. The average molecular weight is 267 g/mol. The highest BCUT2D eigenvalue weighted by atomic mass is 16.6.